The normalized spacial score (nSPS) is 12.1. The van der Waals surface area contributed by atoms with E-state index in [1.807, 2.05) is 93.6 Å². The molecule has 40 heavy (non-hydrogen) atoms. The molecule has 4 rings (SSSR count). The van der Waals surface area contributed by atoms with Gasteiger partial charge in [-0.1, -0.05) is 60.7 Å². The van der Waals surface area contributed by atoms with Crippen molar-refractivity contribution in [3.05, 3.63) is 83.9 Å². The summed E-state index contributed by atoms with van der Waals surface area (Å²) in [6.45, 7) is 6.21. The maximum absolute atomic E-state index is 14.1. The molecule has 1 aromatic heterocycles. The van der Waals surface area contributed by atoms with Gasteiger partial charge in [-0.15, -0.1) is 5.10 Å². The van der Waals surface area contributed by atoms with Crippen molar-refractivity contribution in [3.8, 4) is 11.5 Å². The fraction of sp³-hybridized carbons (Fsp3) is 0.355. The number of amides is 2. The van der Waals surface area contributed by atoms with Crippen molar-refractivity contribution in [3.63, 3.8) is 0 Å². The topological polar surface area (TPSA) is 98.6 Å². The van der Waals surface area contributed by atoms with Crippen molar-refractivity contribution < 1.29 is 19.1 Å². The first kappa shape index (κ1) is 28.6. The van der Waals surface area contributed by atoms with Crippen LogP contribution in [0.5, 0.6) is 11.5 Å². The minimum atomic E-state index is -0.838. The number of ether oxygens (including phenoxy) is 2. The molecule has 9 heteroatoms. The fourth-order valence-corrected chi connectivity index (χ4v) is 4.54. The highest BCUT2D eigenvalue weighted by molar-refractivity contribution is 5.89. The van der Waals surface area contributed by atoms with Gasteiger partial charge in [0.1, 0.15) is 18.1 Å². The number of hydrogen-bond acceptors (Lipinski definition) is 6. The van der Waals surface area contributed by atoms with Gasteiger partial charge in [0.2, 0.25) is 11.8 Å². The minimum absolute atomic E-state index is 0.0553. The van der Waals surface area contributed by atoms with Gasteiger partial charge in [-0.05, 0) is 62.1 Å². The highest BCUT2D eigenvalue weighted by Gasteiger charge is 2.34. The van der Waals surface area contributed by atoms with Crippen molar-refractivity contribution in [2.24, 2.45) is 0 Å². The SMILES string of the molecule is CCC(C)(C)NC(=O)C(c1ccccc1)N(CCc1ccc(OC)c(OC)c1)C(=O)Cn1nnc2ccccc21. The average molecular weight is 544 g/mol. The van der Waals surface area contributed by atoms with Crippen LogP contribution in [-0.2, 0) is 22.6 Å². The molecule has 0 aliphatic rings. The van der Waals surface area contributed by atoms with Gasteiger partial charge >= 0.3 is 0 Å². The van der Waals surface area contributed by atoms with E-state index in [0.717, 1.165) is 23.1 Å². The maximum atomic E-state index is 14.1. The summed E-state index contributed by atoms with van der Waals surface area (Å²) in [5.41, 5.74) is 2.70. The molecule has 4 aromatic rings. The quantitative estimate of drug-likeness (QED) is 0.281. The number of nitrogens with one attached hydrogen (secondary N) is 1. The Hall–Kier alpha value is -4.40. The number of nitrogens with zero attached hydrogens (tertiary/aromatic N) is 4. The average Bonchev–Trinajstić information content (AvgIpc) is 3.37. The molecular formula is C31H37N5O4. The summed E-state index contributed by atoms with van der Waals surface area (Å²) in [6.07, 6.45) is 1.24. The molecular weight excluding hydrogens is 506 g/mol. The van der Waals surface area contributed by atoms with Gasteiger partial charge in [-0.25, -0.2) is 4.68 Å². The molecule has 1 N–H and O–H groups in total. The van der Waals surface area contributed by atoms with E-state index in [1.54, 1.807) is 23.8 Å². The Morgan fingerprint density at radius 2 is 1.68 bits per heavy atom. The number of carbonyl (C=O) groups excluding carboxylic acids is 2. The van der Waals surface area contributed by atoms with Gasteiger partial charge in [0.15, 0.2) is 11.5 Å². The van der Waals surface area contributed by atoms with Crippen LogP contribution in [0.25, 0.3) is 11.0 Å². The molecule has 210 valence electrons. The Balaban J connectivity index is 1.71. The van der Waals surface area contributed by atoms with E-state index in [0.29, 0.717) is 30.0 Å². The Labute approximate surface area is 235 Å². The number of benzene rings is 3. The third-order valence-electron chi connectivity index (χ3n) is 7.14. The molecule has 0 fully saturated rings. The van der Waals surface area contributed by atoms with Gasteiger partial charge in [-0.3, -0.25) is 9.59 Å². The van der Waals surface area contributed by atoms with Crippen LogP contribution >= 0.6 is 0 Å². The van der Waals surface area contributed by atoms with E-state index in [-0.39, 0.29) is 18.4 Å². The lowest BCUT2D eigenvalue weighted by atomic mass is 9.98. The summed E-state index contributed by atoms with van der Waals surface area (Å²) in [5.74, 6) is 0.756. The van der Waals surface area contributed by atoms with E-state index in [4.69, 9.17) is 9.47 Å². The van der Waals surface area contributed by atoms with Crippen molar-refractivity contribution >= 4 is 22.8 Å². The molecule has 1 unspecified atom stereocenters. The first-order valence-electron chi connectivity index (χ1n) is 13.4. The highest BCUT2D eigenvalue weighted by atomic mass is 16.5. The second-order valence-electron chi connectivity index (χ2n) is 10.3. The van der Waals surface area contributed by atoms with Gasteiger partial charge in [0, 0.05) is 12.1 Å². The van der Waals surface area contributed by atoms with Crippen LogP contribution in [0, 0.1) is 0 Å². The van der Waals surface area contributed by atoms with Gasteiger partial charge in [-0.2, -0.15) is 0 Å². The lowest BCUT2D eigenvalue weighted by Gasteiger charge is -2.34. The molecule has 0 radical (unpaired) electrons. The number of methoxy groups -OCH3 is 2. The van der Waals surface area contributed by atoms with Crippen LogP contribution in [-0.4, -0.2) is 58.0 Å². The number of rotatable bonds is 12. The van der Waals surface area contributed by atoms with E-state index < -0.39 is 11.6 Å². The molecule has 1 atom stereocenters. The predicted octanol–water partition coefficient (Wildman–Crippen LogP) is 4.57. The zero-order valence-corrected chi connectivity index (χ0v) is 23.8. The molecule has 0 bridgehead atoms. The summed E-state index contributed by atoms with van der Waals surface area (Å²) < 4.78 is 12.4. The zero-order valence-electron chi connectivity index (χ0n) is 23.8. The first-order chi connectivity index (χ1) is 19.3. The van der Waals surface area contributed by atoms with Crippen LogP contribution in [0.1, 0.15) is 44.4 Å². The summed E-state index contributed by atoms with van der Waals surface area (Å²) >= 11 is 0. The molecule has 0 aliphatic carbocycles. The van der Waals surface area contributed by atoms with E-state index in [2.05, 4.69) is 15.6 Å². The van der Waals surface area contributed by atoms with Crippen molar-refractivity contribution in [1.29, 1.82) is 0 Å². The molecule has 0 saturated heterocycles. The first-order valence-corrected chi connectivity index (χ1v) is 13.4. The Kier molecular flexibility index (Phi) is 9.04. The lowest BCUT2D eigenvalue weighted by molar-refractivity contribution is -0.142. The minimum Gasteiger partial charge on any atom is -0.493 e. The highest BCUT2D eigenvalue weighted by Crippen LogP contribution is 2.29. The molecule has 0 aliphatic heterocycles. The number of aromatic nitrogens is 3. The summed E-state index contributed by atoms with van der Waals surface area (Å²) in [4.78, 5) is 29.6. The lowest BCUT2D eigenvalue weighted by Crippen LogP contribution is -2.51. The van der Waals surface area contributed by atoms with Crippen molar-refractivity contribution in [1.82, 2.24) is 25.2 Å². The third-order valence-corrected chi connectivity index (χ3v) is 7.14. The molecule has 3 aromatic carbocycles. The second-order valence-corrected chi connectivity index (χ2v) is 10.3. The smallest absolute Gasteiger partial charge is 0.247 e. The van der Waals surface area contributed by atoms with Crippen molar-refractivity contribution in [2.45, 2.75) is 51.7 Å². The van der Waals surface area contributed by atoms with Gasteiger partial charge < -0.3 is 19.7 Å². The summed E-state index contributed by atoms with van der Waals surface area (Å²) in [6, 6.07) is 21.7. The molecule has 0 spiro atoms. The van der Waals surface area contributed by atoms with Gasteiger partial charge in [0.05, 0.1) is 19.7 Å². The second kappa shape index (κ2) is 12.6. The van der Waals surface area contributed by atoms with Crippen LogP contribution in [0.15, 0.2) is 72.8 Å². The Bertz CT molecular complexity index is 1450. The third kappa shape index (κ3) is 6.59. The number of carbonyl (C=O) groups is 2. The summed E-state index contributed by atoms with van der Waals surface area (Å²) in [7, 11) is 3.18. The largest absolute Gasteiger partial charge is 0.493 e. The van der Waals surface area contributed by atoms with Gasteiger partial charge in [0.25, 0.3) is 0 Å². The fourth-order valence-electron chi connectivity index (χ4n) is 4.54. The number of para-hydroxylation sites is 1. The van der Waals surface area contributed by atoms with E-state index in [9.17, 15) is 9.59 Å². The predicted molar refractivity (Wildman–Crippen MR) is 154 cm³/mol. The van der Waals surface area contributed by atoms with Crippen LogP contribution in [0.3, 0.4) is 0 Å². The Morgan fingerprint density at radius 1 is 0.975 bits per heavy atom. The van der Waals surface area contributed by atoms with E-state index in [1.165, 1.54) is 0 Å². The van der Waals surface area contributed by atoms with Crippen LogP contribution in [0.4, 0.5) is 0 Å². The zero-order chi connectivity index (χ0) is 28.7. The molecule has 0 saturated carbocycles. The van der Waals surface area contributed by atoms with E-state index >= 15 is 0 Å². The van der Waals surface area contributed by atoms with Crippen LogP contribution in [0.2, 0.25) is 0 Å². The molecule has 2 amide bonds. The summed E-state index contributed by atoms with van der Waals surface area (Å²) in [5, 5.41) is 11.6. The standard InChI is InChI=1S/C31H37N5O4/c1-6-31(2,3)32-30(38)29(23-12-8-7-9-13-23)35(19-18-22-16-17-26(39-4)27(20-22)40-5)28(37)21-36-25-15-11-10-14-24(25)33-34-36/h7-17,20,29H,6,18-19,21H2,1-5H3,(H,32,38). The number of fused-ring (bicyclic) bond motifs is 1. The molecule has 1 heterocycles. The Morgan fingerprint density at radius 3 is 2.38 bits per heavy atom. The van der Waals surface area contributed by atoms with Crippen molar-refractivity contribution in [2.75, 3.05) is 20.8 Å². The maximum Gasteiger partial charge on any atom is 0.247 e. The monoisotopic (exact) mass is 543 g/mol. The number of hydrogen-bond donors (Lipinski definition) is 1. The molecule has 9 nitrogen and oxygen atoms in total. The van der Waals surface area contributed by atoms with Crippen LogP contribution < -0.4 is 14.8 Å².